The summed E-state index contributed by atoms with van der Waals surface area (Å²) in [5.41, 5.74) is 0.469. The Labute approximate surface area is 102 Å². The number of nitrogens with zero attached hydrogens (tertiary/aromatic N) is 2. The van der Waals surface area contributed by atoms with Gasteiger partial charge < -0.3 is 0 Å². The molecule has 0 aliphatic rings. The molecular weight excluding hydrogens is 216 g/mol. The summed E-state index contributed by atoms with van der Waals surface area (Å²) >= 11 is 0. The lowest BCUT2D eigenvalue weighted by atomic mass is 9.91. The van der Waals surface area contributed by atoms with Gasteiger partial charge in [-0.25, -0.2) is 4.68 Å². The highest BCUT2D eigenvalue weighted by atomic mass is 16.1. The van der Waals surface area contributed by atoms with Crippen molar-refractivity contribution in [1.82, 2.24) is 9.78 Å². The van der Waals surface area contributed by atoms with Crippen LogP contribution in [0.5, 0.6) is 0 Å². The summed E-state index contributed by atoms with van der Waals surface area (Å²) < 4.78 is 1.40. The molecule has 0 fully saturated rings. The van der Waals surface area contributed by atoms with Gasteiger partial charge in [0.15, 0.2) is 6.29 Å². The Hall–Kier alpha value is -1.45. The van der Waals surface area contributed by atoms with Crippen LogP contribution < -0.4 is 5.56 Å². The first-order valence-electron chi connectivity index (χ1n) is 5.83. The molecule has 4 heteroatoms. The van der Waals surface area contributed by atoms with Crippen molar-refractivity contribution >= 4 is 6.29 Å². The summed E-state index contributed by atoms with van der Waals surface area (Å²) in [5, 5.41) is 4.34. The van der Waals surface area contributed by atoms with Crippen LogP contribution in [-0.2, 0) is 12.0 Å². The number of carbonyl (C=O) groups excluding carboxylic acids is 1. The molecule has 1 aromatic heterocycles. The third-order valence-electron chi connectivity index (χ3n) is 2.44. The molecule has 1 heterocycles. The summed E-state index contributed by atoms with van der Waals surface area (Å²) in [6, 6.07) is 1.59. The van der Waals surface area contributed by atoms with Gasteiger partial charge in [-0.2, -0.15) is 5.10 Å². The molecule has 0 amide bonds. The van der Waals surface area contributed by atoms with Crippen LogP contribution in [0, 0.1) is 5.92 Å². The molecule has 94 valence electrons. The number of carbonyl (C=O) groups is 1. The Kier molecular flexibility index (Phi) is 3.86. The largest absolute Gasteiger partial charge is 0.298 e. The van der Waals surface area contributed by atoms with Gasteiger partial charge in [0.05, 0.1) is 11.3 Å². The Balaban J connectivity index is 3.39. The summed E-state index contributed by atoms with van der Waals surface area (Å²) in [6.07, 6.45) is 0.607. The zero-order valence-electron chi connectivity index (χ0n) is 11.2. The fourth-order valence-corrected chi connectivity index (χ4v) is 1.48. The zero-order chi connectivity index (χ0) is 13.2. The van der Waals surface area contributed by atoms with E-state index in [4.69, 9.17) is 0 Å². The maximum atomic E-state index is 11.9. The molecule has 0 saturated heterocycles. The molecule has 1 aromatic rings. The molecule has 0 N–H and O–H groups in total. The van der Waals surface area contributed by atoms with Crippen LogP contribution >= 0.6 is 0 Å². The lowest BCUT2D eigenvalue weighted by molar-refractivity contribution is 0.112. The van der Waals surface area contributed by atoms with E-state index in [1.54, 1.807) is 6.07 Å². The van der Waals surface area contributed by atoms with Crippen LogP contribution in [0.4, 0.5) is 0 Å². The predicted molar refractivity (Wildman–Crippen MR) is 67.4 cm³/mol. The quantitative estimate of drug-likeness (QED) is 0.754. The average molecular weight is 236 g/mol. The molecule has 0 aromatic carbocycles. The summed E-state index contributed by atoms with van der Waals surface area (Å²) in [6.45, 7) is 10.6. The van der Waals surface area contributed by atoms with Gasteiger partial charge in [-0.05, 0) is 12.0 Å². The van der Waals surface area contributed by atoms with Crippen LogP contribution in [0.3, 0.4) is 0 Å². The molecule has 0 spiro atoms. The van der Waals surface area contributed by atoms with E-state index in [0.717, 1.165) is 5.69 Å². The number of aldehydes is 1. The van der Waals surface area contributed by atoms with E-state index in [0.29, 0.717) is 18.7 Å². The van der Waals surface area contributed by atoms with Gasteiger partial charge in [-0.3, -0.25) is 9.59 Å². The first-order valence-corrected chi connectivity index (χ1v) is 5.83. The van der Waals surface area contributed by atoms with Gasteiger partial charge in [-0.1, -0.05) is 34.6 Å². The van der Waals surface area contributed by atoms with Crippen molar-refractivity contribution in [2.24, 2.45) is 5.92 Å². The van der Waals surface area contributed by atoms with Crippen LogP contribution in [0.25, 0.3) is 0 Å². The fourth-order valence-electron chi connectivity index (χ4n) is 1.48. The molecule has 4 nitrogen and oxygen atoms in total. The normalized spacial score (nSPS) is 11.9. The second kappa shape index (κ2) is 4.82. The minimum atomic E-state index is -0.304. The van der Waals surface area contributed by atoms with Crippen molar-refractivity contribution in [2.75, 3.05) is 0 Å². The SMILES string of the molecule is CC(C)Cn1nc(C(C)(C)C)cc(C=O)c1=O. The van der Waals surface area contributed by atoms with Crippen molar-refractivity contribution in [3.05, 3.63) is 27.7 Å². The van der Waals surface area contributed by atoms with E-state index in [1.165, 1.54) is 4.68 Å². The monoisotopic (exact) mass is 236 g/mol. The van der Waals surface area contributed by atoms with Crippen LogP contribution in [0.2, 0.25) is 0 Å². The summed E-state index contributed by atoms with van der Waals surface area (Å²) in [7, 11) is 0. The van der Waals surface area contributed by atoms with Crippen molar-refractivity contribution in [2.45, 2.75) is 46.6 Å². The third kappa shape index (κ3) is 3.25. The van der Waals surface area contributed by atoms with Crippen molar-refractivity contribution < 1.29 is 4.79 Å². The molecule has 0 saturated carbocycles. The van der Waals surface area contributed by atoms with E-state index < -0.39 is 0 Å². The number of rotatable bonds is 3. The molecule has 0 atom stereocenters. The van der Waals surface area contributed by atoms with E-state index >= 15 is 0 Å². The lowest BCUT2D eigenvalue weighted by Gasteiger charge is -2.19. The molecule has 0 bridgehead atoms. The average Bonchev–Trinajstić information content (AvgIpc) is 2.18. The number of aromatic nitrogens is 2. The molecule has 0 aliphatic carbocycles. The standard InChI is InChI=1S/C13H20N2O2/c1-9(2)7-15-12(17)10(8-16)6-11(14-15)13(3,4)5/h6,8-9H,7H2,1-5H3. The van der Waals surface area contributed by atoms with Gasteiger partial charge in [0, 0.05) is 12.0 Å². The van der Waals surface area contributed by atoms with Crippen molar-refractivity contribution in [3.63, 3.8) is 0 Å². The Morgan fingerprint density at radius 2 is 2.00 bits per heavy atom. The fraction of sp³-hybridized carbons (Fsp3) is 0.615. The van der Waals surface area contributed by atoms with Crippen molar-refractivity contribution in [3.8, 4) is 0 Å². The second-order valence-corrected chi connectivity index (χ2v) is 5.73. The highest BCUT2D eigenvalue weighted by molar-refractivity contribution is 5.74. The Bertz CT molecular complexity index is 467. The predicted octanol–water partition coefficient (Wildman–Crippen LogP) is 2.01. The van der Waals surface area contributed by atoms with Gasteiger partial charge >= 0.3 is 0 Å². The lowest BCUT2D eigenvalue weighted by Crippen LogP contribution is -2.31. The van der Waals surface area contributed by atoms with Gasteiger partial charge in [0.2, 0.25) is 0 Å². The third-order valence-corrected chi connectivity index (χ3v) is 2.44. The zero-order valence-corrected chi connectivity index (χ0v) is 11.2. The minimum absolute atomic E-state index is 0.176. The molecule has 1 rings (SSSR count). The van der Waals surface area contributed by atoms with Crippen LogP contribution in [-0.4, -0.2) is 16.1 Å². The highest BCUT2D eigenvalue weighted by Crippen LogP contribution is 2.19. The van der Waals surface area contributed by atoms with Gasteiger partial charge in [0.1, 0.15) is 0 Å². The number of hydrogen-bond donors (Lipinski definition) is 0. The number of hydrogen-bond acceptors (Lipinski definition) is 3. The molecule has 0 unspecified atom stereocenters. The summed E-state index contributed by atoms with van der Waals surface area (Å²) in [4.78, 5) is 22.8. The van der Waals surface area contributed by atoms with E-state index in [-0.39, 0.29) is 16.5 Å². The maximum absolute atomic E-state index is 11.9. The minimum Gasteiger partial charge on any atom is -0.298 e. The van der Waals surface area contributed by atoms with Crippen LogP contribution in [0.15, 0.2) is 10.9 Å². The first-order chi connectivity index (χ1) is 7.75. The molecule has 0 radical (unpaired) electrons. The van der Waals surface area contributed by atoms with Crippen molar-refractivity contribution in [1.29, 1.82) is 0 Å². The van der Waals surface area contributed by atoms with Crippen LogP contribution in [0.1, 0.15) is 50.7 Å². The molecule has 17 heavy (non-hydrogen) atoms. The van der Waals surface area contributed by atoms with Gasteiger partial charge in [-0.15, -0.1) is 0 Å². The highest BCUT2D eigenvalue weighted by Gasteiger charge is 2.19. The van der Waals surface area contributed by atoms with E-state index in [2.05, 4.69) is 5.10 Å². The van der Waals surface area contributed by atoms with E-state index in [9.17, 15) is 9.59 Å². The molecule has 0 aliphatic heterocycles. The molecular formula is C13H20N2O2. The second-order valence-electron chi connectivity index (χ2n) is 5.73. The topological polar surface area (TPSA) is 52.0 Å². The maximum Gasteiger partial charge on any atom is 0.277 e. The van der Waals surface area contributed by atoms with Gasteiger partial charge in [0.25, 0.3) is 5.56 Å². The van der Waals surface area contributed by atoms with E-state index in [1.807, 2.05) is 34.6 Å². The summed E-state index contributed by atoms with van der Waals surface area (Å²) in [5.74, 6) is 0.315. The Morgan fingerprint density at radius 1 is 1.41 bits per heavy atom. The first kappa shape index (κ1) is 13.6. The Morgan fingerprint density at radius 3 is 2.41 bits per heavy atom. The smallest absolute Gasteiger partial charge is 0.277 e.